The fourth-order valence-electron chi connectivity index (χ4n) is 2.36. The van der Waals surface area contributed by atoms with Crippen LogP contribution in [-0.4, -0.2) is 27.1 Å². The summed E-state index contributed by atoms with van der Waals surface area (Å²) in [5.74, 6) is -3.90. The third kappa shape index (κ3) is 4.33. The van der Waals surface area contributed by atoms with Crippen LogP contribution in [0.15, 0.2) is 24.4 Å². The van der Waals surface area contributed by atoms with E-state index in [4.69, 9.17) is 5.11 Å². The SMILES string of the molecule is CC(C)(C)c1cc(F)c(CC(=O)Nc2cc(C(=O)O)ncc2F)cc1O. The first kappa shape index (κ1) is 19.3. The molecule has 3 N–H and O–H groups in total. The maximum absolute atomic E-state index is 14.3. The molecule has 6 nitrogen and oxygen atoms in total. The normalized spacial score (nSPS) is 11.3. The van der Waals surface area contributed by atoms with Crippen molar-refractivity contribution in [1.82, 2.24) is 4.98 Å². The number of pyridine rings is 1. The van der Waals surface area contributed by atoms with Gasteiger partial charge in [-0.15, -0.1) is 0 Å². The number of aromatic carboxylic acids is 1. The Morgan fingerprint density at radius 2 is 1.81 bits per heavy atom. The van der Waals surface area contributed by atoms with Gasteiger partial charge in [-0.25, -0.2) is 18.6 Å². The lowest BCUT2D eigenvalue weighted by Crippen LogP contribution is -2.18. The molecule has 0 saturated heterocycles. The highest BCUT2D eigenvalue weighted by molar-refractivity contribution is 5.94. The number of hydrogen-bond acceptors (Lipinski definition) is 4. The molecule has 2 aromatic rings. The van der Waals surface area contributed by atoms with Gasteiger partial charge in [0.1, 0.15) is 17.3 Å². The summed E-state index contributed by atoms with van der Waals surface area (Å²) in [6, 6.07) is 3.18. The number of aromatic hydroxyl groups is 1. The monoisotopic (exact) mass is 364 g/mol. The van der Waals surface area contributed by atoms with Crippen molar-refractivity contribution in [3.05, 3.63) is 52.9 Å². The number of halogens is 2. The van der Waals surface area contributed by atoms with Gasteiger partial charge in [-0.2, -0.15) is 0 Å². The average Bonchev–Trinajstić information content (AvgIpc) is 2.51. The maximum atomic E-state index is 14.3. The standard InChI is InChI=1S/C18H18F2N2O4/c1-18(2,3)10-6-11(19)9(4-15(10)23)5-16(24)22-13-7-14(17(25)26)21-8-12(13)20/h4,6-8,23H,5H2,1-3H3,(H,25,26)(H,21,22,24). The third-order valence-electron chi connectivity index (χ3n) is 3.67. The molecular formula is C18H18F2N2O4. The highest BCUT2D eigenvalue weighted by Crippen LogP contribution is 2.32. The van der Waals surface area contributed by atoms with Crippen LogP contribution < -0.4 is 5.32 Å². The number of carbonyl (C=O) groups excluding carboxylic acids is 1. The van der Waals surface area contributed by atoms with Crippen molar-refractivity contribution < 1.29 is 28.6 Å². The van der Waals surface area contributed by atoms with Gasteiger partial charge in [-0.3, -0.25) is 4.79 Å². The smallest absolute Gasteiger partial charge is 0.354 e. The topological polar surface area (TPSA) is 99.5 Å². The second-order valence-corrected chi connectivity index (χ2v) is 6.79. The third-order valence-corrected chi connectivity index (χ3v) is 3.67. The Labute approximate surface area is 148 Å². The molecule has 0 spiro atoms. The first-order valence-corrected chi connectivity index (χ1v) is 7.69. The van der Waals surface area contributed by atoms with Gasteiger partial charge in [0.05, 0.1) is 18.3 Å². The van der Waals surface area contributed by atoms with Gasteiger partial charge in [-0.05, 0) is 23.6 Å². The molecule has 1 amide bonds. The van der Waals surface area contributed by atoms with Crippen molar-refractivity contribution in [2.45, 2.75) is 32.6 Å². The zero-order chi connectivity index (χ0) is 19.6. The van der Waals surface area contributed by atoms with Gasteiger partial charge in [0, 0.05) is 11.1 Å². The van der Waals surface area contributed by atoms with Gasteiger partial charge < -0.3 is 15.5 Å². The van der Waals surface area contributed by atoms with Crippen LogP contribution in [0, 0.1) is 11.6 Å². The summed E-state index contributed by atoms with van der Waals surface area (Å²) in [6.45, 7) is 5.42. The van der Waals surface area contributed by atoms with Crippen LogP contribution in [0.5, 0.6) is 5.75 Å². The summed E-state index contributed by atoms with van der Waals surface area (Å²) in [5.41, 5.74) is -0.983. The molecule has 1 aromatic heterocycles. The number of phenolic OH excluding ortho intramolecular Hbond substituents is 1. The first-order chi connectivity index (χ1) is 12.0. The Kier molecular flexibility index (Phi) is 5.25. The second kappa shape index (κ2) is 7.07. The summed E-state index contributed by atoms with van der Waals surface area (Å²) in [7, 11) is 0. The van der Waals surface area contributed by atoms with E-state index in [1.54, 1.807) is 20.8 Å². The Hall–Kier alpha value is -3.03. The van der Waals surface area contributed by atoms with Crippen LogP contribution in [-0.2, 0) is 16.6 Å². The fraction of sp³-hybridized carbons (Fsp3) is 0.278. The highest BCUT2D eigenvalue weighted by atomic mass is 19.1. The number of anilines is 1. The molecule has 0 aliphatic carbocycles. The lowest BCUT2D eigenvalue weighted by molar-refractivity contribution is -0.115. The van der Waals surface area contributed by atoms with Gasteiger partial charge in [-0.1, -0.05) is 20.8 Å². The van der Waals surface area contributed by atoms with Crippen LogP contribution in [0.4, 0.5) is 14.5 Å². The molecule has 0 unspecified atom stereocenters. The molecule has 0 bridgehead atoms. The van der Waals surface area contributed by atoms with Crippen LogP contribution in [0.2, 0.25) is 0 Å². The Balaban J connectivity index is 2.22. The highest BCUT2D eigenvalue weighted by Gasteiger charge is 2.22. The van der Waals surface area contributed by atoms with E-state index in [-0.39, 0.29) is 17.0 Å². The van der Waals surface area contributed by atoms with Gasteiger partial charge in [0.2, 0.25) is 5.91 Å². The molecule has 0 aliphatic heterocycles. The first-order valence-electron chi connectivity index (χ1n) is 7.69. The molecule has 0 radical (unpaired) electrons. The minimum Gasteiger partial charge on any atom is -0.508 e. The lowest BCUT2D eigenvalue weighted by atomic mass is 9.85. The van der Waals surface area contributed by atoms with E-state index in [0.29, 0.717) is 11.8 Å². The van der Waals surface area contributed by atoms with Crippen LogP contribution in [0.3, 0.4) is 0 Å². The quantitative estimate of drug-likeness (QED) is 0.773. The van der Waals surface area contributed by atoms with Crippen LogP contribution in [0.25, 0.3) is 0 Å². The molecular weight excluding hydrogens is 346 g/mol. The van der Waals surface area contributed by atoms with Crippen LogP contribution in [0.1, 0.15) is 42.4 Å². The van der Waals surface area contributed by atoms with Gasteiger partial charge in [0.25, 0.3) is 0 Å². The minimum atomic E-state index is -1.38. The summed E-state index contributed by atoms with van der Waals surface area (Å²) in [6.07, 6.45) is 0.206. The number of amides is 1. The van der Waals surface area contributed by atoms with E-state index in [9.17, 15) is 23.5 Å². The summed E-state index contributed by atoms with van der Waals surface area (Å²) in [4.78, 5) is 26.3. The van der Waals surface area contributed by atoms with E-state index < -0.39 is 41.0 Å². The van der Waals surface area contributed by atoms with E-state index in [0.717, 1.165) is 18.2 Å². The van der Waals surface area contributed by atoms with Crippen molar-refractivity contribution >= 4 is 17.6 Å². The molecule has 8 heteroatoms. The molecule has 0 atom stereocenters. The zero-order valence-corrected chi connectivity index (χ0v) is 14.4. The van der Waals surface area contributed by atoms with Crippen LogP contribution >= 0.6 is 0 Å². The van der Waals surface area contributed by atoms with Crippen molar-refractivity contribution in [2.75, 3.05) is 5.32 Å². The molecule has 0 saturated carbocycles. The molecule has 0 aliphatic rings. The fourth-order valence-corrected chi connectivity index (χ4v) is 2.36. The van der Waals surface area contributed by atoms with Crippen molar-refractivity contribution in [2.24, 2.45) is 0 Å². The van der Waals surface area contributed by atoms with Crippen molar-refractivity contribution in [1.29, 1.82) is 0 Å². The number of carbonyl (C=O) groups is 2. The number of carboxylic acids is 1. The number of nitrogens with one attached hydrogen (secondary N) is 1. The van der Waals surface area contributed by atoms with E-state index >= 15 is 0 Å². The summed E-state index contributed by atoms with van der Waals surface area (Å²) in [5, 5.41) is 21.1. The van der Waals surface area contributed by atoms with Crippen molar-refractivity contribution in [3.8, 4) is 5.75 Å². The molecule has 138 valence electrons. The maximum Gasteiger partial charge on any atom is 0.354 e. The van der Waals surface area contributed by atoms with Gasteiger partial charge >= 0.3 is 5.97 Å². The number of hydrogen-bond donors (Lipinski definition) is 3. The largest absolute Gasteiger partial charge is 0.508 e. The van der Waals surface area contributed by atoms with E-state index in [2.05, 4.69) is 10.3 Å². The predicted octanol–water partition coefficient (Wildman–Crippen LogP) is 3.24. The van der Waals surface area contributed by atoms with E-state index in [1.807, 2.05) is 0 Å². The number of carboxylic acid groups (broad SMARTS) is 1. The molecule has 0 fully saturated rings. The number of rotatable bonds is 4. The Morgan fingerprint density at radius 1 is 1.15 bits per heavy atom. The zero-order valence-electron chi connectivity index (χ0n) is 14.4. The Morgan fingerprint density at radius 3 is 2.38 bits per heavy atom. The predicted molar refractivity (Wildman–Crippen MR) is 90.3 cm³/mol. The number of aromatic nitrogens is 1. The molecule has 2 rings (SSSR count). The van der Waals surface area contributed by atoms with Gasteiger partial charge in [0.15, 0.2) is 5.82 Å². The molecule has 1 heterocycles. The molecule has 26 heavy (non-hydrogen) atoms. The lowest BCUT2D eigenvalue weighted by Gasteiger charge is -2.21. The number of phenols is 1. The summed E-state index contributed by atoms with van der Waals surface area (Å²) < 4.78 is 27.9. The minimum absolute atomic E-state index is 0.0686. The average molecular weight is 364 g/mol. The molecule has 1 aromatic carbocycles. The number of benzene rings is 1. The number of nitrogens with zero attached hydrogens (tertiary/aromatic N) is 1. The summed E-state index contributed by atoms with van der Waals surface area (Å²) >= 11 is 0. The Bertz CT molecular complexity index is 876. The second-order valence-electron chi connectivity index (χ2n) is 6.79. The van der Waals surface area contributed by atoms with E-state index in [1.165, 1.54) is 0 Å². The van der Waals surface area contributed by atoms with Crippen molar-refractivity contribution in [3.63, 3.8) is 0 Å².